The largest absolute Gasteiger partial charge is 0.478 e. The van der Waals surface area contributed by atoms with Crippen molar-refractivity contribution in [3.63, 3.8) is 0 Å². The fourth-order valence-electron chi connectivity index (χ4n) is 2.16. The molecule has 1 heterocycles. The number of fused-ring (bicyclic) bond motifs is 1. The van der Waals surface area contributed by atoms with E-state index in [2.05, 4.69) is 6.92 Å². The van der Waals surface area contributed by atoms with Gasteiger partial charge in [0.1, 0.15) is 5.15 Å². The first-order valence-corrected chi connectivity index (χ1v) is 6.62. The van der Waals surface area contributed by atoms with Crippen LogP contribution < -0.4 is 0 Å². The highest BCUT2D eigenvalue weighted by molar-refractivity contribution is 6.33. The highest BCUT2D eigenvalue weighted by Gasteiger charge is 2.14. The molecule has 1 aromatic heterocycles. The maximum atomic E-state index is 11.0. The number of carboxylic acid groups (broad SMARTS) is 1. The molecule has 2 rings (SSSR count). The Labute approximate surface area is 117 Å². The topological polar surface area (TPSA) is 42.2 Å². The number of aromatic nitrogens is 1. The number of carbonyl (C=O) groups is 1. The molecule has 0 aliphatic carbocycles. The van der Waals surface area contributed by atoms with Crippen LogP contribution in [0.25, 0.3) is 17.0 Å². The van der Waals surface area contributed by atoms with Crippen LogP contribution >= 0.6 is 11.6 Å². The van der Waals surface area contributed by atoms with Crippen LogP contribution in [0, 0.1) is 0 Å². The fraction of sp³-hybridized carbons (Fsp3) is 0.267. The zero-order chi connectivity index (χ0) is 14.0. The predicted molar refractivity (Wildman–Crippen MR) is 78.5 cm³/mol. The van der Waals surface area contributed by atoms with Gasteiger partial charge in [0.15, 0.2) is 0 Å². The van der Waals surface area contributed by atoms with Crippen molar-refractivity contribution in [2.75, 3.05) is 0 Å². The van der Waals surface area contributed by atoms with Crippen molar-refractivity contribution in [1.29, 1.82) is 0 Å². The van der Waals surface area contributed by atoms with Gasteiger partial charge in [-0.15, -0.1) is 0 Å². The van der Waals surface area contributed by atoms with Crippen molar-refractivity contribution in [1.82, 2.24) is 4.57 Å². The molecule has 0 unspecified atom stereocenters. The van der Waals surface area contributed by atoms with Crippen molar-refractivity contribution in [3.8, 4) is 0 Å². The molecule has 1 aromatic carbocycles. The average Bonchev–Trinajstić information content (AvgIpc) is 2.65. The summed E-state index contributed by atoms with van der Waals surface area (Å²) in [6.07, 6.45) is 2.61. The zero-order valence-electron chi connectivity index (χ0n) is 11.0. The first-order valence-electron chi connectivity index (χ1n) is 6.24. The van der Waals surface area contributed by atoms with Crippen LogP contribution in [0.15, 0.2) is 29.8 Å². The monoisotopic (exact) mass is 277 g/mol. The number of aryl methyl sites for hydroxylation is 1. The van der Waals surface area contributed by atoms with Gasteiger partial charge in [0.05, 0.1) is 0 Å². The standard InChI is InChI=1S/C15H16ClNO2/c1-3-8-17-13-7-5-4-6-11(13)12(14(17)16)9-10(2)15(18)19/h4-7,9H,3,8H2,1-2H3,(H,18,19)/b10-9+. The Bertz CT molecular complexity index is 655. The summed E-state index contributed by atoms with van der Waals surface area (Å²) >= 11 is 6.41. The van der Waals surface area contributed by atoms with Crippen molar-refractivity contribution >= 4 is 34.5 Å². The first-order chi connectivity index (χ1) is 9.06. The minimum Gasteiger partial charge on any atom is -0.478 e. The maximum absolute atomic E-state index is 11.0. The van der Waals surface area contributed by atoms with Gasteiger partial charge in [-0.05, 0) is 25.5 Å². The number of nitrogens with zero attached hydrogens (tertiary/aromatic N) is 1. The van der Waals surface area contributed by atoms with Gasteiger partial charge in [0.25, 0.3) is 0 Å². The van der Waals surface area contributed by atoms with E-state index in [-0.39, 0.29) is 5.57 Å². The molecule has 0 fully saturated rings. The molecule has 4 heteroatoms. The number of carboxylic acids is 1. The number of benzene rings is 1. The third kappa shape index (κ3) is 2.51. The van der Waals surface area contributed by atoms with E-state index in [1.54, 1.807) is 13.0 Å². The van der Waals surface area contributed by atoms with E-state index in [4.69, 9.17) is 16.7 Å². The normalized spacial score (nSPS) is 12.1. The molecule has 100 valence electrons. The molecule has 0 saturated heterocycles. The second kappa shape index (κ2) is 5.49. The second-order valence-electron chi connectivity index (χ2n) is 4.51. The number of rotatable bonds is 4. The zero-order valence-corrected chi connectivity index (χ0v) is 11.7. The van der Waals surface area contributed by atoms with Crippen LogP contribution in [0.3, 0.4) is 0 Å². The van der Waals surface area contributed by atoms with Gasteiger partial charge < -0.3 is 9.67 Å². The Balaban J connectivity index is 2.70. The number of hydrogen-bond acceptors (Lipinski definition) is 1. The number of aliphatic carboxylic acids is 1. The van der Waals surface area contributed by atoms with E-state index in [1.807, 2.05) is 28.8 Å². The lowest BCUT2D eigenvalue weighted by Gasteiger charge is -2.04. The maximum Gasteiger partial charge on any atom is 0.331 e. The van der Waals surface area contributed by atoms with E-state index in [0.717, 1.165) is 29.4 Å². The van der Waals surface area contributed by atoms with Gasteiger partial charge in [-0.1, -0.05) is 36.7 Å². The SMILES string of the molecule is CCCn1c(Cl)c(/C=C(\C)C(=O)O)c2ccccc21. The quantitative estimate of drug-likeness (QED) is 0.852. The summed E-state index contributed by atoms with van der Waals surface area (Å²) in [6.45, 7) is 4.48. The minimum absolute atomic E-state index is 0.279. The molecule has 0 atom stereocenters. The summed E-state index contributed by atoms with van der Waals surface area (Å²) in [4.78, 5) is 11.0. The second-order valence-corrected chi connectivity index (χ2v) is 4.86. The number of hydrogen-bond donors (Lipinski definition) is 1. The van der Waals surface area contributed by atoms with E-state index in [0.29, 0.717) is 5.15 Å². The van der Waals surface area contributed by atoms with E-state index >= 15 is 0 Å². The lowest BCUT2D eigenvalue weighted by Crippen LogP contribution is -1.97. The summed E-state index contributed by atoms with van der Waals surface area (Å²) in [5.74, 6) is -0.927. The fourth-order valence-corrected chi connectivity index (χ4v) is 2.49. The van der Waals surface area contributed by atoms with Crippen LogP contribution in [0.2, 0.25) is 5.15 Å². The molecule has 2 aromatic rings. The summed E-state index contributed by atoms with van der Waals surface area (Å²) in [6, 6.07) is 7.86. The van der Waals surface area contributed by atoms with Crippen molar-refractivity contribution < 1.29 is 9.90 Å². The lowest BCUT2D eigenvalue weighted by molar-refractivity contribution is -0.132. The van der Waals surface area contributed by atoms with Crippen LogP contribution in [-0.4, -0.2) is 15.6 Å². The average molecular weight is 278 g/mol. The molecular formula is C15H16ClNO2. The van der Waals surface area contributed by atoms with Crippen LogP contribution in [-0.2, 0) is 11.3 Å². The Kier molecular flexibility index (Phi) is 3.96. The summed E-state index contributed by atoms with van der Waals surface area (Å²) in [7, 11) is 0. The summed E-state index contributed by atoms with van der Waals surface area (Å²) in [5.41, 5.74) is 2.10. The van der Waals surface area contributed by atoms with Crippen LogP contribution in [0.5, 0.6) is 0 Å². The van der Waals surface area contributed by atoms with Gasteiger partial charge in [0.2, 0.25) is 0 Å². The minimum atomic E-state index is -0.927. The molecule has 0 aliphatic rings. The van der Waals surface area contributed by atoms with Crippen molar-refractivity contribution in [2.45, 2.75) is 26.8 Å². The van der Waals surface area contributed by atoms with Gasteiger partial charge >= 0.3 is 5.97 Å². The molecule has 0 aliphatic heterocycles. The third-order valence-corrected chi connectivity index (χ3v) is 3.50. The van der Waals surface area contributed by atoms with Crippen LogP contribution in [0.4, 0.5) is 0 Å². The number of para-hydroxylation sites is 1. The predicted octanol–water partition coefficient (Wildman–Crippen LogP) is 4.19. The lowest BCUT2D eigenvalue weighted by atomic mass is 10.1. The summed E-state index contributed by atoms with van der Waals surface area (Å²) in [5, 5.41) is 10.6. The molecule has 0 saturated carbocycles. The molecule has 0 radical (unpaired) electrons. The molecule has 0 spiro atoms. The molecule has 3 nitrogen and oxygen atoms in total. The Morgan fingerprint density at radius 3 is 2.74 bits per heavy atom. The van der Waals surface area contributed by atoms with Gasteiger partial charge in [0, 0.05) is 28.6 Å². The smallest absolute Gasteiger partial charge is 0.331 e. The van der Waals surface area contributed by atoms with Crippen LogP contribution in [0.1, 0.15) is 25.8 Å². The molecular weight excluding hydrogens is 262 g/mol. The highest BCUT2D eigenvalue weighted by atomic mass is 35.5. The van der Waals surface area contributed by atoms with Crippen molar-refractivity contribution in [2.24, 2.45) is 0 Å². The van der Waals surface area contributed by atoms with E-state index in [1.165, 1.54) is 0 Å². The molecule has 0 bridgehead atoms. The van der Waals surface area contributed by atoms with Gasteiger partial charge in [-0.25, -0.2) is 4.79 Å². The molecule has 19 heavy (non-hydrogen) atoms. The van der Waals surface area contributed by atoms with E-state index in [9.17, 15) is 4.79 Å². The molecule has 1 N–H and O–H groups in total. The first kappa shape index (κ1) is 13.7. The number of halogens is 1. The van der Waals surface area contributed by atoms with Gasteiger partial charge in [-0.3, -0.25) is 0 Å². The Hall–Kier alpha value is -1.74. The summed E-state index contributed by atoms with van der Waals surface area (Å²) < 4.78 is 2.03. The Morgan fingerprint density at radius 1 is 1.42 bits per heavy atom. The van der Waals surface area contributed by atoms with Crippen molar-refractivity contribution in [3.05, 3.63) is 40.6 Å². The highest BCUT2D eigenvalue weighted by Crippen LogP contribution is 2.32. The van der Waals surface area contributed by atoms with Gasteiger partial charge in [-0.2, -0.15) is 0 Å². The third-order valence-electron chi connectivity index (χ3n) is 3.09. The molecule has 0 amide bonds. The Morgan fingerprint density at radius 2 is 2.11 bits per heavy atom. The van der Waals surface area contributed by atoms with E-state index < -0.39 is 5.97 Å².